The van der Waals surface area contributed by atoms with E-state index in [0.717, 1.165) is 32.0 Å². The van der Waals surface area contributed by atoms with Crippen LogP contribution in [0.1, 0.15) is 50.9 Å². The summed E-state index contributed by atoms with van der Waals surface area (Å²) in [5.41, 5.74) is 2.53. The summed E-state index contributed by atoms with van der Waals surface area (Å²) in [7, 11) is 0. The van der Waals surface area contributed by atoms with Crippen LogP contribution in [0.4, 0.5) is 0 Å². The third kappa shape index (κ3) is 3.45. The number of nitrogens with one attached hydrogen (secondary N) is 1. The molecule has 7 heteroatoms. The second-order valence-corrected chi connectivity index (χ2v) is 7.09. The maximum atomic E-state index is 5.92. The molecule has 0 aromatic carbocycles. The molecular weight excluding hydrogens is 292 g/mol. The van der Waals surface area contributed by atoms with Crippen LogP contribution in [0.15, 0.2) is 12.5 Å². The number of aromatic amines is 1. The summed E-state index contributed by atoms with van der Waals surface area (Å²) < 4.78 is 7.97. The normalized spacial score (nSPS) is 20.1. The van der Waals surface area contributed by atoms with Gasteiger partial charge >= 0.3 is 0 Å². The van der Waals surface area contributed by atoms with Gasteiger partial charge in [0.05, 0.1) is 12.8 Å². The second-order valence-electron chi connectivity index (χ2n) is 7.09. The molecule has 2 aromatic rings. The van der Waals surface area contributed by atoms with Crippen molar-refractivity contribution in [2.45, 2.75) is 52.3 Å². The first-order valence-electron chi connectivity index (χ1n) is 8.23. The first-order valence-corrected chi connectivity index (χ1v) is 8.23. The first-order chi connectivity index (χ1) is 11.0. The highest BCUT2D eigenvalue weighted by molar-refractivity contribution is 5.23. The summed E-state index contributed by atoms with van der Waals surface area (Å²) in [6.45, 7) is 12.9. The van der Waals surface area contributed by atoms with E-state index in [0.29, 0.717) is 6.61 Å². The number of aromatic nitrogens is 5. The molecule has 1 saturated heterocycles. The third-order valence-corrected chi connectivity index (χ3v) is 4.29. The molecule has 0 saturated carbocycles. The lowest BCUT2D eigenvalue weighted by Crippen LogP contribution is -2.39. The third-order valence-electron chi connectivity index (χ3n) is 4.29. The molecule has 0 amide bonds. The molecule has 3 heterocycles. The Morgan fingerprint density at radius 2 is 2.22 bits per heavy atom. The Balaban J connectivity index is 1.71. The van der Waals surface area contributed by atoms with E-state index >= 15 is 0 Å². The fourth-order valence-electron chi connectivity index (χ4n) is 3.08. The molecule has 23 heavy (non-hydrogen) atoms. The van der Waals surface area contributed by atoms with Crippen LogP contribution >= 0.6 is 0 Å². The minimum atomic E-state index is -0.0174. The van der Waals surface area contributed by atoms with Crippen LogP contribution in [-0.2, 0) is 23.2 Å². The summed E-state index contributed by atoms with van der Waals surface area (Å²) in [6, 6.07) is 0. The summed E-state index contributed by atoms with van der Waals surface area (Å²) in [5.74, 6) is 0.917. The highest BCUT2D eigenvalue weighted by atomic mass is 16.5. The number of morpholine rings is 1. The number of ether oxygens (including phenoxy) is 1. The quantitative estimate of drug-likeness (QED) is 0.932. The van der Waals surface area contributed by atoms with Crippen LogP contribution in [0.3, 0.4) is 0 Å². The molecule has 1 N–H and O–H groups in total. The van der Waals surface area contributed by atoms with E-state index in [1.165, 1.54) is 11.3 Å². The van der Waals surface area contributed by atoms with Gasteiger partial charge in [0.25, 0.3) is 0 Å². The van der Waals surface area contributed by atoms with E-state index in [9.17, 15) is 0 Å². The predicted octanol–water partition coefficient (Wildman–Crippen LogP) is 1.89. The van der Waals surface area contributed by atoms with Gasteiger partial charge in [0.15, 0.2) is 5.82 Å². The minimum absolute atomic E-state index is 0.0174. The van der Waals surface area contributed by atoms with Gasteiger partial charge in [0.2, 0.25) is 0 Å². The highest BCUT2D eigenvalue weighted by Crippen LogP contribution is 2.26. The molecule has 7 nitrogen and oxygen atoms in total. The zero-order chi connectivity index (χ0) is 16.4. The fourth-order valence-corrected chi connectivity index (χ4v) is 3.08. The lowest BCUT2D eigenvalue weighted by atomic mass is 9.89. The van der Waals surface area contributed by atoms with Gasteiger partial charge in [-0.1, -0.05) is 20.8 Å². The number of rotatable bonds is 4. The summed E-state index contributed by atoms with van der Waals surface area (Å²) in [6.07, 6.45) is 3.70. The van der Waals surface area contributed by atoms with E-state index in [1.807, 2.05) is 10.8 Å². The molecule has 3 rings (SSSR count). The van der Waals surface area contributed by atoms with Crippen molar-refractivity contribution < 1.29 is 4.74 Å². The van der Waals surface area contributed by atoms with E-state index in [-0.39, 0.29) is 11.5 Å². The van der Waals surface area contributed by atoms with Crippen LogP contribution in [0.25, 0.3) is 0 Å². The van der Waals surface area contributed by atoms with Gasteiger partial charge in [-0.15, -0.1) is 10.2 Å². The van der Waals surface area contributed by atoms with Crippen LogP contribution in [0.5, 0.6) is 0 Å². The lowest BCUT2D eigenvalue weighted by molar-refractivity contribution is -0.0389. The van der Waals surface area contributed by atoms with E-state index in [2.05, 4.69) is 53.0 Å². The maximum absolute atomic E-state index is 5.92. The smallest absolute Gasteiger partial charge is 0.163 e. The van der Waals surface area contributed by atoms with Crippen molar-refractivity contribution in [3.63, 3.8) is 0 Å². The summed E-state index contributed by atoms with van der Waals surface area (Å²) in [5, 5.41) is 15.7. The zero-order valence-corrected chi connectivity index (χ0v) is 14.4. The van der Waals surface area contributed by atoms with Crippen LogP contribution in [0.2, 0.25) is 0 Å². The van der Waals surface area contributed by atoms with Gasteiger partial charge in [-0.25, -0.2) is 0 Å². The standard InChI is InChI=1S/C16H26N6O/c1-5-22-11-18-20-15(22)13-10-21(6-7-23-13)9-12-8-17-19-14(12)16(2,3)4/h8,11,13H,5-7,9-10H2,1-4H3,(H,17,19)/t13-/m1/s1. The molecule has 2 aromatic heterocycles. The van der Waals surface area contributed by atoms with Gasteiger partial charge in [-0.3, -0.25) is 10.00 Å². The van der Waals surface area contributed by atoms with Crippen LogP contribution in [-0.4, -0.2) is 49.6 Å². The molecular formula is C16H26N6O. The summed E-state index contributed by atoms with van der Waals surface area (Å²) >= 11 is 0. The average molecular weight is 318 g/mol. The Hall–Kier alpha value is -1.73. The van der Waals surface area contributed by atoms with Crippen molar-refractivity contribution in [2.24, 2.45) is 0 Å². The van der Waals surface area contributed by atoms with Crippen LogP contribution < -0.4 is 0 Å². The van der Waals surface area contributed by atoms with Crippen molar-refractivity contribution in [1.82, 2.24) is 29.9 Å². The van der Waals surface area contributed by atoms with Crippen molar-refractivity contribution >= 4 is 0 Å². The first kappa shape index (κ1) is 16.1. The van der Waals surface area contributed by atoms with Gasteiger partial charge in [0.1, 0.15) is 12.4 Å². The van der Waals surface area contributed by atoms with Crippen molar-refractivity contribution in [3.8, 4) is 0 Å². The molecule has 126 valence electrons. The largest absolute Gasteiger partial charge is 0.368 e. The molecule has 1 atom stereocenters. The molecule has 0 spiro atoms. The Morgan fingerprint density at radius 1 is 1.39 bits per heavy atom. The average Bonchev–Trinajstić information content (AvgIpc) is 3.15. The van der Waals surface area contributed by atoms with Crippen molar-refractivity contribution in [3.05, 3.63) is 29.6 Å². The molecule has 1 aliphatic heterocycles. The van der Waals surface area contributed by atoms with E-state index < -0.39 is 0 Å². The SMILES string of the molecule is CCn1cnnc1[C@H]1CN(Cc2cn[nH]c2C(C)(C)C)CCO1. The zero-order valence-electron chi connectivity index (χ0n) is 14.4. The van der Waals surface area contributed by atoms with Gasteiger partial charge in [-0.2, -0.15) is 5.10 Å². The van der Waals surface area contributed by atoms with Gasteiger partial charge in [-0.05, 0) is 6.92 Å². The van der Waals surface area contributed by atoms with Crippen molar-refractivity contribution in [1.29, 1.82) is 0 Å². The van der Waals surface area contributed by atoms with Crippen molar-refractivity contribution in [2.75, 3.05) is 19.7 Å². The molecule has 1 fully saturated rings. The molecule has 0 bridgehead atoms. The maximum Gasteiger partial charge on any atom is 0.163 e. The number of hydrogen-bond donors (Lipinski definition) is 1. The number of aryl methyl sites for hydroxylation is 1. The van der Waals surface area contributed by atoms with E-state index in [1.54, 1.807) is 6.33 Å². The number of nitrogens with zero attached hydrogens (tertiary/aromatic N) is 5. The molecule has 0 unspecified atom stereocenters. The fraction of sp³-hybridized carbons (Fsp3) is 0.688. The second kappa shape index (κ2) is 6.41. The number of H-pyrrole nitrogens is 1. The highest BCUT2D eigenvalue weighted by Gasteiger charge is 2.28. The van der Waals surface area contributed by atoms with Gasteiger partial charge in [0, 0.05) is 42.9 Å². The lowest BCUT2D eigenvalue weighted by Gasteiger charge is -2.33. The van der Waals surface area contributed by atoms with Gasteiger partial charge < -0.3 is 9.30 Å². The predicted molar refractivity (Wildman–Crippen MR) is 87.0 cm³/mol. The molecule has 1 aliphatic rings. The van der Waals surface area contributed by atoms with E-state index in [4.69, 9.17) is 4.74 Å². The Morgan fingerprint density at radius 3 is 2.96 bits per heavy atom. The molecule has 0 radical (unpaired) electrons. The number of hydrogen-bond acceptors (Lipinski definition) is 5. The molecule has 0 aliphatic carbocycles. The topological polar surface area (TPSA) is 71.9 Å². The Bertz CT molecular complexity index is 641. The minimum Gasteiger partial charge on any atom is -0.368 e. The summed E-state index contributed by atoms with van der Waals surface area (Å²) in [4.78, 5) is 2.41. The monoisotopic (exact) mass is 318 g/mol. The Kier molecular flexibility index (Phi) is 4.50. The Labute approximate surface area is 137 Å². The van der Waals surface area contributed by atoms with Crippen LogP contribution in [0, 0.1) is 0 Å².